The van der Waals surface area contributed by atoms with Gasteiger partial charge in [-0.05, 0) is 30.3 Å². The number of nitrogens with one attached hydrogen (secondary N) is 2. The van der Waals surface area contributed by atoms with Crippen molar-refractivity contribution < 1.29 is 13.5 Å². The first-order valence-corrected chi connectivity index (χ1v) is 7.92. The second kappa shape index (κ2) is 5.83. The Hall–Kier alpha value is -2.21. The molecular formula is C14H16N2O3S. The maximum atomic E-state index is 11.1. The predicted octanol–water partition coefficient (Wildman–Crippen LogP) is 2.38. The lowest BCUT2D eigenvalue weighted by molar-refractivity contribution is 0.469. The van der Waals surface area contributed by atoms with Gasteiger partial charge in [-0.3, -0.25) is 4.72 Å². The second-order valence-electron chi connectivity index (χ2n) is 4.43. The molecule has 2 aromatic rings. The molecule has 0 amide bonds. The number of sulfonamides is 1. The van der Waals surface area contributed by atoms with Gasteiger partial charge < -0.3 is 10.4 Å². The van der Waals surface area contributed by atoms with Gasteiger partial charge in [-0.1, -0.05) is 18.2 Å². The smallest absolute Gasteiger partial charge is 0.229 e. The molecule has 0 saturated heterocycles. The van der Waals surface area contributed by atoms with Crippen molar-refractivity contribution in [3.05, 3.63) is 54.1 Å². The average molecular weight is 292 g/mol. The van der Waals surface area contributed by atoms with Crippen LogP contribution in [-0.4, -0.2) is 19.8 Å². The standard InChI is InChI=1S/C14H16N2O3S/c1-20(18,19)16-13-8-6-12(7-9-13)15-10-11-4-2-3-5-14(11)17/h2-9,15-17H,10H2,1H3. The van der Waals surface area contributed by atoms with Crippen LogP contribution in [0.25, 0.3) is 0 Å². The maximum Gasteiger partial charge on any atom is 0.229 e. The van der Waals surface area contributed by atoms with Crippen molar-refractivity contribution in [3.63, 3.8) is 0 Å². The first kappa shape index (κ1) is 14.2. The van der Waals surface area contributed by atoms with Crippen LogP contribution in [-0.2, 0) is 16.6 Å². The number of rotatable bonds is 5. The third-order valence-electron chi connectivity index (χ3n) is 2.66. The molecule has 0 bridgehead atoms. The van der Waals surface area contributed by atoms with Gasteiger partial charge in [0.25, 0.3) is 0 Å². The Morgan fingerprint density at radius 1 is 1.00 bits per heavy atom. The van der Waals surface area contributed by atoms with Gasteiger partial charge >= 0.3 is 0 Å². The van der Waals surface area contributed by atoms with Crippen molar-refractivity contribution in [2.45, 2.75) is 6.54 Å². The molecule has 6 heteroatoms. The summed E-state index contributed by atoms with van der Waals surface area (Å²) in [7, 11) is -3.25. The Morgan fingerprint density at radius 2 is 1.60 bits per heavy atom. The molecule has 0 aromatic heterocycles. The number of anilines is 2. The van der Waals surface area contributed by atoms with Crippen LogP contribution >= 0.6 is 0 Å². The van der Waals surface area contributed by atoms with E-state index in [1.54, 1.807) is 36.4 Å². The minimum absolute atomic E-state index is 0.246. The summed E-state index contributed by atoms with van der Waals surface area (Å²) in [5.41, 5.74) is 2.15. The molecule has 2 aromatic carbocycles. The number of hydrogen-bond acceptors (Lipinski definition) is 4. The van der Waals surface area contributed by atoms with Crippen molar-refractivity contribution in [2.24, 2.45) is 0 Å². The predicted molar refractivity (Wildman–Crippen MR) is 80.3 cm³/mol. The zero-order valence-corrected chi connectivity index (χ0v) is 11.8. The molecule has 0 unspecified atom stereocenters. The van der Waals surface area contributed by atoms with Gasteiger partial charge in [0.15, 0.2) is 0 Å². The molecule has 0 aliphatic heterocycles. The van der Waals surface area contributed by atoms with Crippen molar-refractivity contribution in [1.82, 2.24) is 0 Å². The molecule has 0 spiro atoms. The van der Waals surface area contributed by atoms with Gasteiger partial charge in [0.2, 0.25) is 10.0 Å². The number of aromatic hydroxyl groups is 1. The third-order valence-corrected chi connectivity index (χ3v) is 3.27. The first-order chi connectivity index (χ1) is 9.44. The molecular weight excluding hydrogens is 276 g/mol. The molecule has 0 saturated carbocycles. The molecule has 20 heavy (non-hydrogen) atoms. The highest BCUT2D eigenvalue weighted by atomic mass is 32.2. The number of para-hydroxylation sites is 1. The Balaban J connectivity index is 1.99. The van der Waals surface area contributed by atoms with Gasteiger partial charge in [0.05, 0.1) is 6.26 Å². The zero-order chi connectivity index (χ0) is 14.6. The van der Waals surface area contributed by atoms with Crippen molar-refractivity contribution >= 4 is 21.4 Å². The SMILES string of the molecule is CS(=O)(=O)Nc1ccc(NCc2ccccc2O)cc1. The van der Waals surface area contributed by atoms with E-state index in [0.29, 0.717) is 12.2 Å². The monoisotopic (exact) mass is 292 g/mol. The molecule has 0 heterocycles. The molecule has 0 atom stereocenters. The molecule has 0 aliphatic rings. The van der Waals surface area contributed by atoms with E-state index in [2.05, 4.69) is 10.0 Å². The van der Waals surface area contributed by atoms with Crippen LogP contribution in [0.4, 0.5) is 11.4 Å². The molecule has 0 fully saturated rings. The van der Waals surface area contributed by atoms with Gasteiger partial charge in [0, 0.05) is 23.5 Å². The summed E-state index contributed by atoms with van der Waals surface area (Å²) < 4.78 is 24.6. The van der Waals surface area contributed by atoms with E-state index in [-0.39, 0.29) is 5.75 Å². The van der Waals surface area contributed by atoms with E-state index in [0.717, 1.165) is 17.5 Å². The van der Waals surface area contributed by atoms with Gasteiger partial charge in [0.1, 0.15) is 5.75 Å². The number of hydrogen-bond donors (Lipinski definition) is 3. The van der Waals surface area contributed by atoms with Crippen LogP contribution in [0, 0.1) is 0 Å². The summed E-state index contributed by atoms with van der Waals surface area (Å²) >= 11 is 0. The number of benzene rings is 2. The highest BCUT2D eigenvalue weighted by Gasteiger charge is 2.02. The van der Waals surface area contributed by atoms with Crippen molar-refractivity contribution in [1.29, 1.82) is 0 Å². The molecule has 2 rings (SSSR count). The molecule has 0 aliphatic carbocycles. The van der Waals surface area contributed by atoms with E-state index in [4.69, 9.17) is 0 Å². The van der Waals surface area contributed by atoms with Gasteiger partial charge in [-0.25, -0.2) is 8.42 Å². The fourth-order valence-electron chi connectivity index (χ4n) is 1.73. The highest BCUT2D eigenvalue weighted by Crippen LogP contribution is 2.19. The van der Waals surface area contributed by atoms with Crippen molar-refractivity contribution in [3.8, 4) is 5.75 Å². The Labute approximate surface area is 118 Å². The van der Waals surface area contributed by atoms with Crippen LogP contribution in [0.3, 0.4) is 0 Å². The first-order valence-electron chi connectivity index (χ1n) is 6.03. The van der Waals surface area contributed by atoms with E-state index < -0.39 is 10.0 Å². The van der Waals surface area contributed by atoms with Crippen LogP contribution < -0.4 is 10.0 Å². The molecule has 106 valence electrons. The molecule has 0 radical (unpaired) electrons. The normalized spacial score (nSPS) is 11.1. The van der Waals surface area contributed by atoms with E-state index in [9.17, 15) is 13.5 Å². The van der Waals surface area contributed by atoms with E-state index in [1.807, 2.05) is 12.1 Å². The minimum atomic E-state index is -3.25. The van der Waals surface area contributed by atoms with Crippen LogP contribution in [0.2, 0.25) is 0 Å². The van der Waals surface area contributed by atoms with E-state index in [1.165, 1.54) is 0 Å². The lowest BCUT2D eigenvalue weighted by Gasteiger charge is -2.09. The Bertz CT molecular complexity index is 682. The van der Waals surface area contributed by atoms with Crippen LogP contribution in [0.1, 0.15) is 5.56 Å². The fraction of sp³-hybridized carbons (Fsp3) is 0.143. The maximum absolute atomic E-state index is 11.1. The lowest BCUT2D eigenvalue weighted by Crippen LogP contribution is -2.09. The molecule has 5 nitrogen and oxygen atoms in total. The summed E-state index contributed by atoms with van der Waals surface area (Å²) in [6.07, 6.45) is 1.11. The minimum Gasteiger partial charge on any atom is -0.508 e. The van der Waals surface area contributed by atoms with Crippen molar-refractivity contribution in [2.75, 3.05) is 16.3 Å². The number of phenols is 1. The van der Waals surface area contributed by atoms with Gasteiger partial charge in [-0.2, -0.15) is 0 Å². The Morgan fingerprint density at radius 3 is 2.20 bits per heavy atom. The summed E-state index contributed by atoms with van der Waals surface area (Å²) in [5.74, 6) is 0.246. The van der Waals surface area contributed by atoms with Gasteiger partial charge in [-0.15, -0.1) is 0 Å². The topological polar surface area (TPSA) is 78.4 Å². The Kier molecular flexibility index (Phi) is 4.14. The van der Waals surface area contributed by atoms with Crippen LogP contribution in [0.5, 0.6) is 5.75 Å². The largest absolute Gasteiger partial charge is 0.508 e. The summed E-state index contributed by atoms with van der Waals surface area (Å²) in [4.78, 5) is 0. The number of phenolic OH excluding ortho intramolecular Hbond substituents is 1. The summed E-state index contributed by atoms with van der Waals surface area (Å²) in [5, 5.41) is 12.8. The summed E-state index contributed by atoms with van der Waals surface area (Å²) in [6, 6.07) is 14.0. The zero-order valence-electron chi connectivity index (χ0n) is 11.0. The lowest BCUT2D eigenvalue weighted by atomic mass is 10.2. The molecule has 3 N–H and O–H groups in total. The quantitative estimate of drug-likeness (QED) is 0.790. The second-order valence-corrected chi connectivity index (χ2v) is 6.18. The van der Waals surface area contributed by atoms with E-state index >= 15 is 0 Å². The summed E-state index contributed by atoms with van der Waals surface area (Å²) in [6.45, 7) is 0.492. The fourth-order valence-corrected chi connectivity index (χ4v) is 2.29. The van der Waals surface area contributed by atoms with Crippen LogP contribution in [0.15, 0.2) is 48.5 Å². The highest BCUT2D eigenvalue weighted by molar-refractivity contribution is 7.92. The third kappa shape index (κ3) is 4.17. The average Bonchev–Trinajstić information content (AvgIpc) is 2.38.